The van der Waals surface area contributed by atoms with E-state index in [2.05, 4.69) is 33.8 Å². The van der Waals surface area contributed by atoms with Crippen LogP contribution in [0.25, 0.3) is 16.3 Å². The number of nitrogens with zero attached hydrogens (tertiary/aromatic N) is 2. The lowest BCUT2D eigenvalue weighted by Gasteiger charge is -2.22. The van der Waals surface area contributed by atoms with Gasteiger partial charge in [-0.25, -0.2) is 0 Å². The van der Waals surface area contributed by atoms with E-state index in [1.165, 1.54) is 13.8 Å². The van der Waals surface area contributed by atoms with E-state index in [9.17, 15) is 25.9 Å². The highest BCUT2D eigenvalue weighted by Crippen LogP contribution is 2.47. The van der Waals surface area contributed by atoms with Gasteiger partial charge in [0.05, 0.1) is 21.2 Å². The number of thioether (sulfide) groups is 1. The first kappa shape index (κ1) is 30.7. The van der Waals surface area contributed by atoms with Crippen LogP contribution in [0.5, 0.6) is 0 Å². The van der Waals surface area contributed by atoms with E-state index < -0.39 is 30.7 Å². The van der Waals surface area contributed by atoms with Crippen molar-refractivity contribution < 1.29 is 30.5 Å². The summed E-state index contributed by atoms with van der Waals surface area (Å²) in [4.78, 5) is 3.18. The zero-order valence-electron chi connectivity index (χ0n) is 23.2. The van der Waals surface area contributed by atoms with Gasteiger partial charge in [0.15, 0.2) is 6.54 Å². The number of aryl methyl sites for hydroxylation is 3. The molecular formula is C28H35N2O6S4+. The Hall–Kier alpha value is -2.22. The second-order valence-electron chi connectivity index (χ2n) is 10.4. The predicted octanol–water partition coefficient (Wildman–Crippen LogP) is 6.00. The van der Waals surface area contributed by atoms with Gasteiger partial charge in [0, 0.05) is 30.0 Å². The van der Waals surface area contributed by atoms with Crippen LogP contribution in [0.1, 0.15) is 49.7 Å². The van der Waals surface area contributed by atoms with Gasteiger partial charge < -0.3 is 4.90 Å². The van der Waals surface area contributed by atoms with Gasteiger partial charge in [0.1, 0.15) is 4.70 Å². The molecular weight excluding hydrogens is 589 g/mol. The van der Waals surface area contributed by atoms with Crippen molar-refractivity contribution in [2.45, 2.75) is 69.4 Å². The van der Waals surface area contributed by atoms with Gasteiger partial charge in [-0.1, -0.05) is 35.2 Å². The summed E-state index contributed by atoms with van der Waals surface area (Å²) in [5, 5.41) is 0.160. The summed E-state index contributed by atoms with van der Waals surface area (Å²) in [6.45, 7) is 9.94. The molecule has 0 amide bonds. The minimum atomic E-state index is -4.12. The van der Waals surface area contributed by atoms with Crippen LogP contribution < -0.4 is 9.47 Å². The molecule has 2 aromatic carbocycles. The number of anilines is 1. The molecule has 1 aromatic heterocycles. The van der Waals surface area contributed by atoms with Crippen LogP contribution in [-0.4, -0.2) is 43.0 Å². The van der Waals surface area contributed by atoms with Gasteiger partial charge in [0.25, 0.3) is 25.2 Å². The zero-order valence-corrected chi connectivity index (χ0v) is 26.4. The fourth-order valence-electron chi connectivity index (χ4n) is 4.45. The standard InChI is InChI=1S/C28H34N2O6S4/c1-18-6-8-23-25(14-18)37-27(29(23)12-10-21(4)39(31,32)33)16-20(3)17-28-30(13-11-22(5)40(34,35)36)24-9-7-19(2)15-26(24)38-28/h6-9,14-17,21-22H,10-13H2,1-5H3,(H-,31,32,33,34,35,36)/p+1. The smallest absolute Gasteiger partial charge is 0.267 e. The lowest BCUT2D eigenvalue weighted by Crippen LogP contribution is -2.37. The summed E-state index contributed by atoms with van der Waals surface area (Å²) in [6.07, 6.45) is 4.68. The molecule has 1 aliphatic rings. The molecule has 12 heteroatoms. The lowest BCUT2D eigenvalue weighted by molar-refractivity contribution is -0.669. The van der Waals surface area contributed by atoms with Gasteiger partial charge >= 0.3 is 0 Å². The van der Waals surface area contributed by atoms with Gasteiger partial charge in [-0.3, -0.25) is 9.11 Å². The molecule has 0 fully saturated rings. The summed E-state index contributed by atoms with van der Waals surface area (Å²) in [7, 11) is -8.24. The molecule has 0 aliphatic carbocycles. The molecule has 216 valence electrons. The first-order chi connectivity index (χ1) is 18.6. The van der Waals surface area contributed by atoms with Crippen molar-refractivity contribution in [3.05, 3.63) is 69.2 Å². The zero-order chi connectivity index (χ0) is 29.4. The maximum atomic E-state index is 11.6. The Bertz CT molecular complexity index is 1710. The quantitative estimate of drug-likeness (QED) is 0.209. The van der Waals surface area contributed by atoms with Crippen molar-refractivity contribution in [3.63, 3.8) is 0 Å². The highest BCUT2D eigenvalue weighted by atomic mass is 32.2. The molecule has 40 heavy (non-hydrogen) atoms. The molecule has 2 N–H and O–H groups in total. The molecule has 0 bridgehead atoms. The number of fused-ring (bicyclic) bond motifs is 2. The second-order valence-corrected chi connectivity index (χ2v) is 16.2. The van der Waals surface area contributed by atoms with E-state index in [0.717, 1.165) is 47.5 Å². The van der Waals surface area contributed by atoms with Crippen LogP contribution in [0.2, 0.25) is 0 Å². The topological polar surface area (TPSA) is 116 Å². The minimum absolute atomic E-state index is 0.272. The molecule has 2 heterocycles. The highest BCUT2D eigenvalue weighted by Gasteiger charge is 2.28. The average Bonchev–Trinajstić information content (AvgIpc) is 3.35. The third-order valence-corrected chi connectivity index (χ3v) is 11.7. The summed E-state index contributed by atoms with van der Waals surface area (Å²) < 4.78 is 68.6. The SMILES string of the molecule is CC(=C\c1sc2cc(C)ccc2[n+]1CCC(C)S(=O)(=O)O)/C=C1/Sc2cc(C)ccc2N1CCC(C)S(=O)(=O)O. The van der Waals surface area contributed by atoms with Crippen LogP contribution in [-0.2, 0) is 26.8 Å². The Kier molecular flexibility index (Phi) is 9.18. The Morgan fingerprint density at radius 2 is 1.60 bits per heavy atom. The van der Waals surface area contributed by atoms with Crippen LogP contribution in [0.15, 0.2) is 58.0 Å². The summed E-state index contributed by atoms with van der Waals surface area (Å²) in [6, 6.07) is 12.3. The molecule has 1 aliphatic heterocycles. The molecule has 0 saturated carbocycles. The van der Waals surface area contributed by atoms with Crippen molar-refractivity contribution in [2.75, 3.05) is 11.4 Å². The molecule has 3 aromatic rings. The number of hydrogen-bond acceptors (Lipinski definition) is 7. The molecule has 4 rings (SSSR count). The fraction of sp³-hybridized carbons (Fsp3) is 0.393. The molecule has 0 saturated heterocycles. The van der Waals surface area contributed by atoms with Gasteiger partial charge in [-0.2, -0.15) is 21.4 Å². The van der Waals surface area contributed by atoms with Crippen molar-refractivity contribution in [1.82, 2.24) is 0 Å². The van der Waals surface area contributed by atoms with E-state index in [0.29, 0.717) is 13.1 Å². The van der Waals surface area contributed by atoms with Crippen LogP contribution >= 0.6 is 23.1 Å². The Morgan fingerprint density at radius 3 is 2.27 bits per heavy atom. The first-order valence-corrected chi connectivity index (χ1v) is 17.6. The number of benzene rings is 2. The van der Waals surface area contributed by atoms with Gasteiger partial charge in [-0.15, -0.1) is 0 Å². The van der Waals surface area contributed by atoms with E-state index in [-0.39, 0.29) is 12.8 Å². The van der Waals surface area contributed by atoms with Gasteiger partial charge in [-0.05, 0) is 82.0 Å². The van der Waals surface area contributed by atoms with E-state index >= 15 is 0 Å². The van der Waals surface area contributed by atoms with Crippen molar-refractivity contribution in [3.8, 4) is 0 Å². The largest absolute Gasteiger partial charge is 0.335 e. The van der Waals surface area contributed by atoms with E-state index in [1.807, 2.05) is 45.0 Å². The monoisotopic (exact) mass is 623 g/mol. The molecule has 8 nitrogen and oxygen atoms in total. The second kappa shape index (κ2) is 11.9. The number of aromatic nitrogens is 1. The van der Waals surface area contributed by atoms with Crippen LogP contribution in [0.3, 0.4) is 0 Å². The molecule has 0 radical (unpaired) electrons. The highest BCUT2D eigenvalue weighted by molar-refractivity contribution is 8.03. The van der Waals surface area contributed by atoms with Crippen molar-refractivity contribution >= 4 is 65.3 Å². The van der Waals surface area contributed by atoms with Crippen LogP contribution in [0.4, 0.5) is 5.69 Å². The van der Waals surface area contributed by atoms with Gasteiger partial charge in [0.2, 0.25) is 5.52 Å². The molecule has 2 atom stereocenters. The lowest BCUT2D eigenvalue weighted by atomic mass is 10.2. The first-order valence-electron chi connectivity index (χ1n) is 12.9. The van der Waals surface area contributed by atoms with E-state index in [1.54, 1.807) is 23.1 Å². The van der Waals surface area contributed by atoms with E-state index in [4.69, 9.17) is 0 Å². The molecule has 0 spiro atoms. The Labute approximate surface area is 244 Å². The van der Waals surface area contributed by atoms with Crippen molar-refractivity contribution in [1.29, 1.82) is 0 Å². The fourth-order valence-corrected chi connectivity index (χ4v) is 7.85. The Morgan fingerprint density at radius 1 is 0.975 bits per heavy atom. The maximum absolute atomic E-state index is 11.6. The number of thiazole rings is 1. The molecule has 2 unspecified atom stereocenters. The van der Waals surface area contributed by atoms with Crippen LogP contribution in [0, 0.1) is 13.8 Å². The average molecular weight is 624 g/mol. The summed E-state index contributed by atoms with van der Waals surface area (Å²) in [5.74, 6) is 0. The third kappa shape index (κ3) is 7.15. The Balaban J connectivity index is 1.69. The third-order valence-electron chi connectivity index (χ3n) is 7.01. The summed E-state index contributed by atoms with van der Waals surface area (Å²) >= 11 is 3.24. The predicted molar refractivity (Wildman–Crippen MR) is 164 cm³/mol. The number of hydrogen-bond donors (Lipinski definition) is 2. The number of allylic oxidation sites excluding steroid dienone is 2. The normalized spacial score (nSPS) is 17.0. The summed E-state index contributed by atoms with van der Waals surface area (Å²) in [5.41, 5.74) is 5.24. The van der Waals surface area contributed by atoms with Crippen molar-refractivity contribution in [2.24, 2.45) is 0 Å². The number of rotatable bonds is 10. The minimum Gasteiger partial charge on any atom is -0.335 e. The maximum Gasteiger partial charge on any atom is 0.267 e.